The van der Waals surface area contributed by atoms with Gasteiger partial charge in [-0.3, -0.25) is 14.5 Å². The number of amides is 1. The number of piperidine rings is 1. The molecule has 1 N–H and O–H groups in total. The van der Waals surface area contributed by atoms with E-state index in [0.717, 1.165) is 30.6 Å². The van der Waals surface area contributed by atoms with Crippen molar-refractivity contribution in [2.24, 2.45) is 0 Å². The van der Waals surface area contributed by atoms with E-state index in [4.69, 9.17) is 5.11 Å². The van der Waals surface area contributed by atoms with Gasteiger partial charge in [0.15, 0.2) is 5.82 Å². The summed E-state index contributed by atoms with van der Waals surface area (Å²) < 4.78 is 1.74. The molecule has 0 spiro atoms. The van der Waals surface area contributed by atoms with Crippen molar-refractivity contribution in [1.29, 1.82) is 0 Å². The van der Waals surface area contributed by atoms with Crippen LogP contribution in [0, 0.1) is 0 Å². The fourth-order valence-corrected chi connectivity index (χ4v) is 3.50. The quantitative estimate of drug-likeness (QED) is 0.726. The van der Waals surface area contributed by atoms with Gasteiger partial charge in [0.1, 0.15) is 0 Å². The molecule has 0 bridgehead atoms. The molecule has 0 unspecified atom stereocenters. The number of hydrogen-bond acceptors (Lipinski definition) is 6. The third kappa shape index (κ3) is 3.91. The first-order valence-electron chi connectivity index (χ1n) is 9.40. The van der Waals surface area contributed by atoms with Crippen molar-refractivity contribution in [2.75, 3.05) is 19.7 Å². The fourth-order valence-electron chi connectivity index (χ4n) is 3.50. The molecule has 1 atom stereocenters. The van der Waals surface area contributed by atoms with E-state index < -0.39 is 0 Å². The third-order valence-electron chi connectivity index (χ3n) is 4.95. The molecule has 3 aromatic heterocycles. The Bertz CT molecular complexity index is 925. The molecule has 1 amide bonds. The van der Waals surface area contributed by atoms with E-state index >= 15 is 0 Å². The molecule has 8 heteroatoms. The Hall–Kier alpha value is -3.13. The summed E-state index contributed by atoms with van der Waals surface area (Å²) in [6.45, 7) is 1.89. The van der Waals surface area contributed by atoms with Crippen LogP contribution in [0.25, 0.3) is 11.4 Å². The molecule has 0 aliphatic carbocycles. The van der Waals surface area contributed by atoms with Gasteiger partial charge in [-0.1, -0.05) is 0 Å². The molecular formula is C20H22N6O2. The number of pyridine rings is 1. The summed E-state index contributed by atoms with van der Waals surface area (Å²) >= 11 is 0. The summed E-state index contributed by atoms with van der Waals surface area (Å²) in [4.78, 5) is 27.4. The molecule has 1 aliphatic rings. The highest BCUT2D eigenvalue weighted by molar-refractivity contribution is 5.93. The van der Waals surface area contributed by atoms with E-state index in [9.17, 15) is 4.79 Å². The molecule has 0 radical (unpaired) electrons. The molecule has 4 heterocycles. The van der Waals surface area contributed by atoms with Crippen LogP contribution in [0.2, 0.25) is 0 Å². The van der Waals surface area contributed by atoms with Crippen LogP contribution in [-0.4, -0.2) is 60.3 Å². The Morgan fingerprint density at radius 2 is 1.96 bits per heavy atom. The van der Waals surface area contributed by atoms with E-state index in [1.807, 2.05) is 29.3 Å². The molecule has 1 fully saturated rings. The minimum absolute atomic E-state index is 0.0548. The lowest BCUT2D eigenvalue weighted by molar-refractivity contribution is 0.0705. The highest BCUT2D eigenvalue weighted by Crippen LogP contribution is 2.26. The molecule has 3 aromatic rings. The number of nitrogens with zero attached hydrogens (tertiary/aromatic N) is 6. The molecule has 8 nitrogen and oxygen atoms in total. The minimum Gasteiger partial charge on any atom is -0.394 e. The molecular weight excluding hydrogens is 356 g/mol. The van der Waals surface area contributed by atoms with Crippen LogP contribution in [-0.2, 0) is 6.54 Å². The number of carbonyl (C=O) groups is 1. The topological polar surface area (TPSA) is 97.0 Å². The summed E-state index contributed by atoms with van der Waals surface area (Å²) in [6.07, 6.45) is 10.4. The molecule has 28 heavy (non-hydrogen) atoms. The zero-order valence-corrected chi connectivity index (χ0v) is 15.5. The molecule has 0 aromatic carbocycles. The van der Waals surface area contributed by atoms with E-state index in [0.29, 0.717) is 24.5 Å². The number of aromatic nitrogens is 5. The predicted molar refractivity (Wildman–Crippen MR) is 102 cm³/mol. The normalized spacial score (nSPS) is 16.9. The van der Waals surface area contributed by atoms with Crippen molar-refractivity contribution in [3.63, 3.8) is 0 Å². The highest BCUT2D eigenvalue weighted by Gasteiger charge is 2.27. The second-order valence-corrected chi connectivity index (χ2v) is 6.85. The number of hydrogen-bond donors (Lipinski definition) is 1. The van der Waals surface area contributed by atoms with Gasteiger partial charge in [0.2, 0.25) is 0 Å². The monoisotopic (exact) mass is 378 g/mol. The second-order valence-electron chi connectivity index (χ2n) is 6.85. The van der Waals surface area contributed by atoms with Gasteiger partial charge in [-0.2, -0.15) is 5.10 Å². The molecule has 1 saturated heterocycles. The largest absolute Gasteiger partial charge is 0.394 e. The smallest absolute Gasteiger partial charge is 0.257 e. The van der Waals surface area contributed by atoms with Gasteiger partial charge < -0.3 is 10.0 Å². The maximum absolute atomic E-state index is 12.9. The standard InChI is InChI=1S/C20H22N6O2/c27-11-10-26-9-5-18(24-26)16-2-1-8-25(14-16)20(28)17-12-22-19(23-13-17)15-3-6-21-7-4-15/h3-7,9,12-13,16,27H,1-2,8,10-11,14H2/t16-/m0/s1. The minimum atomic E-state index is -0.0548. The maximum atomic E-state index is 12.9. The van der Waals surface area contributed by atoms with Gasteiger partial charge in [-0.15, -0.1) is 0 Å². The lowest BCUT2D eigenvalue weighted by Crippen LogP contribution is -2.39. The van der Waals surface area contributed by atoms with Crippen LogP contribution in [0.3, 0.4) is 0 Å². The molecule has 144 valence electrons. The first-order chi connectivity index (χ1) is 13.7. The third-order valence-corrected chi connectivity index (χ3v) is 4.95. The highest BCUT2D eigenvalue weighted by atomic mass is 16.3. The van der Waals surface area contributed by atoms with E-state index in [2.05, 4.69) is 20.1 Å². The summed E-state index contributed by atoms with van der Waals surface area (Å²) in [5.74, 6) is 0.723. The van der Waals surface area contributed by atoms with Crippen LogP contribution < -0.4 is 0 Å². The van der Waals surface area contributed by atoms with Gasteiger partial charge in [-0.05, 0) is 31.0 Å². The predicted octanol–water partition coefficient (Wildman–Crippen LogP) is 1.75. The molecule has 4 rings (SSSR count). The van der Waals surface area contributed by atoms with Crippen molar-refractivity contribution >= 4 is 5.91 Å². The SMILES string of the molecule is O=C(c1cnc(-c2ccncc2)nc1)N1CCC[C@H](c2ccn(CCO)n2)C1. The average Bonchev–Trinajstić information content (AvgIpc) is 3.23. The van der Waals surface area contributed by atoms with Crippen molar-refractivity contribution in [1.82, 2.24) is 29.6 Å². The summed E-state index contributed by atoms with van der Waals surface area (Å²) in [6, 6.07) is 5.64. The average molecular weight is 378 g/mol. The Morgan fingerprint density at radius 1 is 1.18 bits per heavy atom. The Labute approximate surface area is 162 Å². The number of carbonyl (C=O) groups excluding carboxylic acids is 1. The first-order valence-corrected chi connectivity index (χ1v) is 9.40. The summed E-state index contributed by atoms with van der Waals surface area (Å²) in [7, 11) is 0. The van der Waals surface area contributed by atoms with Gasteiger partial charge in [-0.25, -0.2) is 9.97 Å². The van der Waals surface area contributed by atoms with Gasteiger partial charge in [0, 0.05) is 55.6 Å². The zero-order valence-electron chi connectivity index (χ0n) is 15.5. The number of likely N-dealkylation sites (tertiary alicyclic amines) is 1. The van der Waals surface area contributed by atoms with Crippen molar-refractivity contribution in [3.8, 4) is 11.4 Å². The second kappa shape index (κ2) is 8.26. The van der Waals surface area contributed by atoms with Crippen molar-refractivity contribution in [3.05, 3.63) is 60.4 Å². The Balaban J connectivity index is 1.45. The van der Waals surface area contributed by atoms with Crippen LogP contribution in [0.1, 0.15) is 34.8 Å². The molecule has 0 saturated carbocycles. The van der Waals surface area contributed by atoms with Crippen LogP contribution in [0.15, 0.2) is 49.2 Å². The van der Waals surface area contributed by atoms with Crippen LogP contribution >= 0.6 is 0 Å². The Kier molecular flexibility index (Phi) is 5.38. The number of rotatable bonds is 5. The van der Waals surface area contributed by atoms with Gasteiger partial charge in [0.25, 0.3) is 5.91 Å². The van der Waals surface area contributed by atoms with E-state index in [1.165, 1.54) is 0 Å². The number of aliphatic hydroxyl groups is 1. The van der Waals surface area contributed by atoms with Crippen molar-refractivity contribution in [2.45, 2.75) is 25.3 Å². The fraction of sp³-hybridized carbons (Fsp3) is 0.350. The van der Waals surface area contributed by atoms with E-state index in [-0.39, 0.29) is 18.4 Å². The van der Waals surface area contributed by atoms with Crippen LogP contribution in [0.4, 0.5) is 0 Å². The lowest BCUT2D eigenvalue weighted by atomic mass is 9.94. The molecule has 1 aliphatic heterocycles. The van der Waals surface area contributed by atoms with Gasteiger partial charge >= 0.3 is 0 Å². The van der Waals surface area contributed by atoms with Crippen molar-refractivity contribution < 1.29 is 9.90 Å². The Morgan fingerprint density at radius 3 is 2.71 bits per heavy atom. The zero-order chi connectivity index (χ0) is 19.3. The first kappa shape index (κ1) is 18.2. The summed E-state index contributed by atoms with van der Waals surface area (Å²) in [5, 5.41) is 13.6. The van der Waals surface area contributed by atoms with Crippen LogP contribution in [0.5, 0.6) is 0 Å². The lowest BCUT2D eigenvalue weighted by Gasteiger charge is -2.32. The maximum Gasteiger partial charge on any atom is 0.257 e. The van der Waals surface area contributed by atoms with Gasteiger partial charge in [0.05, 0.1) is 24.4 Å². The number of aliphatic hydroxyl groups excluding tert-OH is 1. The van der Waals surface area contributed by atoms with E-state index in [1.54, 1.807) is 29.5 Å². The summed E-state index contributed by atoms with van der Waals surface area (Å²) in [5.41, 5.74) is 2.32.